The SMILES string of the molecule is CCCl.Cl.Cl.P. The molecule has 0 rings (SSSR count). The summed E-state index contributed by atoms with van der Waals surface area (Å²) < 4.78 is 0. The number of rotatable bonds is 0. The predicted molar refractivity (Wildman–Crippen MR) is 42.0 cm³/mol. The van der Waals surface area contributed by atoms with Crippen LogP contribution in [0.3, 0.4) is 0 Å². The van der Waals surface area contributed by atoms with Crippen LogP contribution in [-0.2, 0) is 0 Å². The molecular formula is C2H10Cl3P. The van der Waals surface area contributed by atoms with Crippen molar-refractivity contribution in [2.24, 2.45) is 0 Å². The van der Waals surface area contributed by atoms with Crippen molar-refractivity contribution in [3.63, 3.8) is 0 Å². The smallest absolute Gasteiger partial charge is 0.0195 e. The third-order valence-corrected chi connectivity index (χ3v) is 0. The Balaban J connectivity index is -0.00000000667. The van der Waals surface area contributed by atoms with Crippen molar-refractivity contribution in [1.82, 2.24) is 0 Å². The van der Waals surface area contributed by atoms with Crippen molar-refractivity contribution in [2.45, 2.75) is 6.92 Å². The third kappa shape index (κ3) is 58.0. The van der Waals surface area contributed by atoms with Crippen LogP contribution >= 0.6 is 46.3 Å². The molecule has 0 aromatic carbocycles. The van der Waals surface area contributed by atoms with Crippen molar-refractivity contribution in [1.29, 1.82) is 0 Å². The molecule has 0 radical (unpaired) electrons. The Morgan fingerprint density at radius 1 is 1.33 bits per heavy atom. The molecule has 0 bridgehead atoms. The normalized spacial score (nSPS) is 3.00. The number of hydrogen-bond acceptors (Lipinski definition) is 0. The summed E-state index contributed by atoms with van der Waals surface area (Å²) in [6.07, 6.45) is 0. The van der Waals surface area contributed by atoms with E-state index in [2.05, 4.69) is 0 Å². The van der Waals surface area contributed by atoms with E-state index in [0.717, 1.165) is 5.88 Å². The van der Waals surface area contributed by atoms with Gasteiger partial charge in [-0.2, -0.15) is 9.90 Å². The summed E-state index contributed by atoms with van der Waals surface area (Å²) >= 11 is 5.00. The zero-order valence-corrected chi connectivity index (χ0v) is 7.41. The second-order valence-electron chi connectivity index (χ2n) is 0.267. The Kier molecular flexibility index (Phi) is 148. The highest BCUT2D eigenvalue weighted by Crippen LogP contribution is 1.59. The first-order valence-corrected chi connectivity index (χ1v) is 1.51. The van der Waals surface area contributed by atoms with Gasteiger partial charge in [-0.25, -0.2) is 0 Å². The summed E-state index contributed by atoms with van der Waals surface area (Å²) in [6.45, 7) is 1.89. The minimum Gasteiger partial charge on any atom is -0.153 e. The first-order chi connectivity index (χ1) is 1.41. The van der Waals surface area contributed by atoms with E-state index in [1.165, 1.54) is 0 Å². The first-order valence-electron chi connectivity index (χ1n) is 0.974. The molecule has 1 unspecified atom stereocenters. The van der Waals surface area contributed by atoms with Crippen LogP contribution in [0.2, 0.25) is 0 Å². The Morgan fingerprint density at radius 2 is 1.33 bits per heavy atom. The van der Waals surface area contributed by atoms with E-state index < -0.39 is 0 Å². The fourth-order valence-corrected chi connectivity index (χ4v) is 0. The summed E-state index contributed by atoms with van der Waals surface area (Å²) in [7, 11) is 0. The van der Waals surface area contributed by atoms with Gasteiger partial charge < -0.3 is 0 Å². The Morgan fingerprint density at radius 3 is 1.33 bits per heavy atom. The van der Waals surface area contributed by atoms with E-state index in [1.807, 2.05) is 6.92 Å². The van der Waals surface area contributed by atoms with Gasteiger partial charge in [0.05, 0.1) is 0 Å². The molecule has 0 spiro atoms. The Labute approximate surface area is 59.5 Å². The van der Waals surface area contributed by atoms with Crippen molar-refractivity contribution in [2.75, 3.05) is 5.88 Å². The molecule has 0 aromatic rings. The second-order valence-corrected chi connectivity index (χ2v) is 0.802. The maximum absolute atomic E-state index is 5.00. The maximum Gasteiger partial charge on any atom is 0.0195 e. The Hall–Kier alpha value is 1.30. The maximum atomic E-state index is 5.00. The minimum atomic E-state index is 0. The fraction of sp³-hybridized carbons (Fsp3) is 1.00. The van der Waals surface area contributed by atoms with Crippen LogP contribution in [0.1, 0.15) is 6.92 Å². The van der Waals surface area contributed by atoms with Crippen LogP contribution in [0.4, 0.5) is 0 Å². The van der Waals surface area contributed by atoms with Gasteiger partial charge in [0.2, 0.25) is 0 Å². The van der Waals surface area contributed by atoms with Gasteiger partial charge in [0.25, 0.3) is 0 Å². The lowest BCUT2D eigenvalue weighted by Gasteiger charge is -1.45. The molecule has 0 N–H and O–H groups in total. The molecule has 6 heavy (non-hydrogen) atoms. The summed E-state index contributed by atoms with van der Waals surface area (Å²) in [4.78, 5) is 0. The monoisotopic (exact) mass is 170 g/mol. The Bertz CT molecular complexity index is 8.75. The number of alkyl halides is 1. The van der Waals surface area contributed by atoms with Crippen molar-refractivity contribution >= 4 is 46.3 Å². The fourth-order valence-electron chi connectivity index (χ4n) is 0. The van der Waals surface area contributed by atoms with Crippen molar-refractivity contribution in [3.8, 4) is 0 Å². The molecule has 0 heterocycles. The highest BCUT2D eigenvalue weighted by Gasteiger charge is 1.38. The van der Waals surface area contributed by atoms with Gasteiger partial charge in [0.1, 0.15) is 0 Å². The third-order valence-electron chi connectivity index (χ3n) is 0. The molecule has 0 aliphatic rings. The quantitative estimate of drug-likeness (QED) is 0.387. The zero-order chi connectivity index (χ0) is 2.71. The van der Waals surface area contributed by atoms with Gasteiger partial charge in [0.15, 0.2) is 0 Å². The van der Waals surface area contributed by atoms with Crippen LogP contribution in [0.25, 0.3) is 0 Å². The average Bonchev–Trinajstić information content (AvgIpc) is 0.918. The van der Waals surface area contributed by atoms with Gasteiger partial charge in [-0.1, -0.05) is 6.92 Å². The summed E-state index contributed by atoms with van der Waals surface area (Å²) in [5.74, 6) is 0.722. The van der Waals surface area contributed by atoms with Crippen molar-refractivity contribution < 1.29 is 0 Å². The highest BCUT2D eigenvalue weighted by atomic mass is 35.5. The topological polar surface area (TPSA) is 0 Å². The molecule has 0 saturated heterocycles. The molecule has 0 amide bonds. The van der Waals surface area contributed by atoms with Crippen LogP contribution in [0.5, 0.6) is 0 Å². The van der Waals surface area contributed by atoms with Crippen molar-refractivity contribution in [3.05, 3.63) is 0 Å². The van der Waals surface area contributed by atoms with Gasteiger partial charge in [-0.3, -0.25) is 0 Å². The van der Waals surface area contributed by atoms with Gasteiger partial charge in [-0.15, -0.1) is 36.4 Å². The van der Waals surface area contributed by atoms with E-state index in [0.29, 0.717) is 0 Å². The molecule has 0 aliphatic carbocycles. The van der Waals surface area contributed by atoms with E-state index in [-0.39, 0.29) is 34.7 Å². The summed E-state index contributed by atoms with van der Waals surface area (Å²) in [6, 6.07) is 0. The molecule has 0 aliphatic heterocycles. The van der Waals surface area contributed by atoms with E-state index in [9.17, 15) is 0 Å². The average molecular weight is 171 g/mol. The predicted octanol–water partition coefficient (Wildman–Crippen LogP) is 2.15. The highest BCUT2D eigenvalue weighted by molar-refractivity contribution is 6.92. The molecule has 44 valence electrons. The van der Waals surface area contributed by atoms with Gasteiger partial charge in [0, 0.05) is 5.88 Å². The summed E-state index contributed by atoms with van der Waals surface area (Å²) in [5.41, 5.74) is 0. The molecule has 0 nitrogen and oxygen atoms in total. The molecule has 0 fully saturated rings. The molecule has 0 aromatic heterocycles. The molecule has 4 heteroatoms. The van der Waals surface area contributed by atoms with Crippen LogP contribution < -0.4 is 0 Å². The lowest BCUT2D eigenvalue weighted by Crippen LogP contribution is -1.36. The molecule has 1 atom stereocenters. The van der Waals surface area contributed by atoms with E-state index in [1.54, 1.807) is 0 Å². The summed E-state index contributed by atoms with van der Waals surface area (Å²) in [5, 5.41) is 0. The van der Waals surface area contributed by atoms with E-state index in [4.69, 9.17) is 11.6 Å². The van der Waals surface area contributed by atoms with Crippen LogP contribution in [0.15, 0.2) is 0 Å². The standard InChI is InChI=1S/C2H5Cl.2ClH.H3P/c1-2-3;;;/h2H2,1H3;2*1H;1H3. The molecule has 0 saturated carbocycles. The lowest BCUT2D eigenvalue weighted by molar-refractivity contribution is 1.51. The number of hydrogen-bond donors (Lipinski definition) is 0. The largest absolute Gasteiger partial charge is 0.153 e. The molecular weight excluding hydrogens is 161 g/mol. The first kappa shape index (κ1) is 26.6. The van der Waals surface area contributed by atoms with E-state index >= 15 is 0 Å². The zero-order valence-electron chi connectivity index (χ0n) is 3.61. The van der Waals surface area contributed by atoms with Gasteiger partial charge >= 0.3 is 0 Å². The van der Waals surface area contributed by atoms with Crippen LogP contribution in [-0.4, -0.2) is 5.88 Å². The van der Waals surface area contributed by atoms with Crippen LogP contribution in [0, 0.1) is 0 Å². The number of halogens is 3. The van der Waals surface area contributed by atoms with Gasteiger partial charge in [-0.05, 0) is 0 Å². The second kappa shape index (κ2) is 33.5. The lowest BCUT2D eigenvalue weighted by atomic mass is 11.0. The minimum absolute atomic E-state index is 0.